The second-order valence-corrected chi connectivity index (χ2v) is 1.70. The van der Waals surface area contributed by atoms with E-state index in [4.69, 9.17) is 6.57 Å². The second-order valence-electron chi connectivity index (χ2n) is 0.507. The van der Waals surface area contributed by atoms with Crippen LogP contribution in [0, 0.1) is 6.57 Å². The van der Waals surface area contributed by atoms with Gasteiger partial charge in [-0.15, -0.1) is 0 Å². The van der Waals surface area contributed by atoms with E-state index in [1.807, 2.05) is 4.40 Å². The van der Waals surface area contributed by atoms with E-state index in [1.54, 1.807) is 0 Å². The Balaban J connectivity index is 2.75. The van der Waals surface area contributed by atoms with Crippen LogP contribution in [0.1, 0.15) is 0 Å². The predicted molar refractivity (Wildman–Crippen MR) is 17.5 cm³/mol. The zero-order valence-electron chi connectivity index (χ0n) is 2.64. The number of hydrogen-bond donors (Lipinski definition) is 0. The Bertz CT molecular complexity index is 61.8. The van der Waals surface area contributed by atoms with Crippen molar-refractivity contribution in [3.05, 3.63) is 11.4 Å². The van der Waals surface area contributed by atoms with Gasteiger partial charge >= 0.3 is 41.7 Å². The van der Waals surface area contributed by atoms with Gasteiger partial charge in [0, 0.05) is 0 Å². The first-order chi connectivity index (χ1) is 2.41. The van der Waals surface area contributed by atoms with Crippen molar-refractivity contribution in [2.24, 2.45) is 0 Å². The molecule has 0 aromatic rings. The fraction of sp³-hybridized carbons (Fsp3) is 0.333. The summed E-state index contributed by atoms with van der Waals surface area (Å²) in [5, 5.41) is 0. The molecule has 0 aliphatic rings. The van der Waals surface area contributed by atoms with Gasteiger partial charge in [0.1, 0.15) is 0 Å². The third kappa shape index (κ3) is 4.05. The van der Waals surface area contributed by atoms with Gasteiger partial charge in [-0.05, 0) is 0 Å². The maximum atomic E-state index is 6.21. The molecule has 2 heteroatoms. The Morgan fingerprint density at radius 3 is 2.60 bits per heavy atom. The van der Waals surface area contributed by atoms with Gasteiger partial charge in [-0.1, -0.05) is 0 Å². The monoisotopic (exact) mass is 237 g/mol. The van der Waals surface area contributed by atoms with Crippen LogP contribution in [-0.4, -0.2) is 10.9 Å². The van der Waals surface area contributed by atoms with Crippen molar-refractivity contribution in [1.29, 1.82) is 0 Å². The third-order valence-electron chi connectivity index (χ3n) is 0.166. The Morgan fingerprint density at radius 2 is 2.60 bits per heavy atom. The van der Waals surface area contributed by atoms with E-state index >= 15 is 0 Å². The topological polar surface area (TPSA) is 4.36 Å². The standard InChI is InChI=1S/C3H3N.W/c1-3-4-2;/h1H,3H2;. The van der Waals surface area contributed by atoms with Crippen LogP contribution in [0.5, 0.6) is 0 Å². The average molecular weight is 237 g/mol. The molecule has 0 aliphatic carbocycles. The van der Waals surface area contributed by atoms with E-state index in [-0.39, 0.29) is 0 Å². The van der Waals surface area contributed by atoms with Crippen LogP contribution in [-0.2, 0) is 19.4 Å². The molecule has 0 heterocycles. The van der Waals surface area contributed by atoms with Gasteiger partial charge in [-0.3, -0.25) is 0 Å². The fourth-order valence-electron chi connectivity index (χ4n) is 0.0373. The summed E-state index contributed by atoms with van der Waals surface area (Å²) in [5.74, 6) is 0. The molecule has 0 amide bonds. The van der Waals surface area contributed by atoms with Gasteiger partial charge in [0.25, 0.3) is 0 Å². The summed E-state index contributed by atoms with van der Waals surface area (Å²) in [6.07, 6.45) is 0. The molecule has 0 aromatic carbocycles. The summed E-state index contributed by atoms with van der Waals surface area (Å²) >= 11 is 1.39. The maximum absolute atomic E-state index is 6.21. The average Bonchev–Trinajstić information content (AvgIpc) is 1.41. The molecule has 0 radical (unpaired) electrons. The third-order valence-corrected chi connectivity index (χ3v) is 0.701. The molecule has 0 rings (SSSR count). The predicted octanol–water partition coefficient (Wildman–Crippen LogP) is 0.255. The zero-order chi connectivity index (χ0) is 4.12. The SMILES string of the molecule is [C-]#[N+]C[CH]=[W]. The van der Waals surface area contributed by atoms with Crippen LogP contribution < -0.4 is 0 Å². The second kappa shape index (κ2) is 4.05. The van der Waals surface area contributed by atoms with Gasteiger partial charge in [0.2, 0.25) is 0 Å². The Kier molecular flexibility index (Phi) is 4.09. The van der Waals surface area contributed by atoms with E-state index in [0.29, 0.717) is 6.54 Å². The normalized spacial score (nSPS) is 5.40. The van der Waals surface area contributed by atoms with Crippen molar-refractivity contribution in [3.8, 4) is 0 Å². The van der Waals surface area contributed by atoms with Crippen LogP contribution in [0.25, 0.3) is 4.85 Å². The molecule has 0 spiro atoms. The number of nitrogens with zero attached hydrogens (tertiary/aromatic N) is 1. The van der Waals surface area contributed by atoms with Gasteiger partial charge in [0.15, 0.2) is 0 Å². The first-order valence-corrected chi connectivity index (χ1v) is 2.88. The molecule has 0 atom stereocenters. The molecular formula is C3H3NW. The fourth-order valence-corrected chi connectivity index (χ4v) is 0.305. The molecule has 1 nitrogen and oxygen atoms in total. The Hall–Kier alpha value is 0.0483. The molecule has 0 aromatic heterocycles. The summed E-state index contributed by atoms with van der Waals surface area (Å²) < 4.78 is 1.91. The van der Waals surface area contributed by atoms with E-state index in [0.717, 1.165) is 0 Å². The quantitative estimate of drug-likeness (QED) is 0.576. The number of rotatable bonds is 1. The molecule has 0 unspecified atom stereocenters. The minimum atomic E-state index is 0.593. The summed E-state index contributed by atoms with van der Waals surface area (Å²) in [6, 6.07) is 0. The van der Waals surface area contributed by atoms with Gasteiger partial charge in [-0.2, -0.15) is 0 Å². The molecule has 0 saturated heterocycles. The first kappa shape index (κ1) is 5.05. The molecule has 0 bridgehead atoms. The van der Waals surface area contributed by atoms with Crippen molar-refractivity contribution in [2.45, 2.75) is 0 Å². The molecule has 0 fully saturated rings. The van der Waals surface area contributed by atoms with Crippen LogP contribution in [0.15, 0.2) is 0 Å². The summed E-state index contributed by atoms with van der Waals surface area (Å²) in [6.45, 7) is 6.80. The molecule has 26 valence electrons. The molecular weight excluding hydrogens is 234 g/mol. The molecule has 0 aliphatic heterocycles. The van der Waals surface area contributed by atoms with Crippen LogP contribution in [0.4, 0.5) is 0 Å². The number of hydrogen-bond acceptors (Lipinski definition) is 0. The summed E-state index contributed by atoms with van der Waals surface area (Å²) in [4.78, 5) is 3.07. The van der Waals surface area contributed by atoms with Crippen LogP contribution in [0.2, 0.25) is 0 Å². The Morgan fingerprint density at radius 1 is 2.00 bits per heavy atom. The van der Waals surface area contributed by atoms with Gasteiger partial charge in [0.05, 0.1) is 0 Å². The van der Waals surface area contributed by atoms with Crippen molar-refractivity contribution >= 4 is 4.40 Å². The zero-order valence-corrected chi connectivity index (χ0v) is 5.57. The summed E-state index contributed by atoms with van der Waals surface area (Å²) in [7, 11) is 0. The Labute approximate surface area is 42.2 Å². The molecule has 0 saturated carbocycles. The van der Waals surface area contributed by atoms with Crippen LogP contribution >= 0.6 is 0 Å². The van der Waals surface area contributed by atoms with E-state index in [1.165, 1.54) is 19.4 Å². The van der Waals surface area contributed by atoms with E-state index in [9.17, 15) is 0 Å². The van der Waals surface area contributed by atoms with E-state index < -0.39 is 0 Å². The first-order valence-electron chi connectivity index (χ1n) is 1.18. The van der Waals surface area contributed by atoms with Gasteiger partial charge < -0.3 is 0 Å². The van der Waals surface area contributed by atoms with Crippen molar-refractivity contribution in [3.63, 3.8) is 0 Å². The van der Waals surface area contributed by atoms with Gasteiger partial charge in [-0.25, -0.2) is 0 Å². The van der Waals surface area contributed by atoms with Crippen LogP contribution in [0.3, 0.4) is 0 Å². The van der Waals surface area contributed by atoms with Crippen molar-refractivity contribution < 1.29 is 19.4 Å². The summed E-state index contributed by atoms with van der Waals surface area (Å²) in [5.41, 5.74) is 0. The van der Waals surface area contributed by atoms with Crippen molar-refractivity contribution in [1.82, 2.24) is 0 Å². The van der Waals surface area contributed by atoms with E-state index in [2.05, 4.69) is 4.85 Å². The minimum absolute atomic E-state index is 0.593. The molecule has 0 N–H and O–H groups in total. The molecule has 5 heavy (non-hydrogen) atoms. The van der Waals surface area contributed by atoms with Crippen molar-refractivity contribution in [2.75, 3.05) is 6.54 Å².